The van der Waals surface area contributed by atoms with Crippen molar-refractivity contribution >= 4 is 23.2 Å². The zero-order valence-corrected chi connectivity index (χ0v) is 10.7. The van der Waals surface area contributed by atoms with Gasteiger partial charge in [-0.1, -0.05) is 24.1 Å². The third-order valence-electron chi connectivity index (χ3n) is 3.30. The number of benzene rings is 1. The largest absolute Gasteiger partial charge is 0.328 e. The van der Waals surface area contributed by atoms with E-state index in [0.29, 0.717) is 6.42 Å². The molecular formula is C13H16ClFN2O. The molecule has 2 unspecified atom stereocenters. The predicted octanol–water partition coefficient (Wildman–Crippen LogP) is 2.94. The van der Waals surface area contributed by atoms with Crippen molar-refractivity contribution < 1.29 is 9.18 Å². The van der Waals surface area contributed by atoms with E-state index in [4.69, 9.17) is 17.3 Å². The molecular weight excluding hydrogens is 255 g/mol. The van der Waals surface area contributed by atoms with Crippen molar-refractivity contribution in [3.63, 3.8) is 0 Å². The van der Waals surface area contributed by atoms with E-state index < -0.39 is 5.82 Å². The van der Waals surface area contributed by atoms with Gasteiger partial charge in [0.2, 0.25) is 5.91 Å². The van der Waals surface area contributed by atoms with Gasteiger partial charge in [0.15, 0.2) is 0 Å². The van der Waals surface area contributed by atoms with Gasteiger partial charge in [0.25, 0.3) is 0 Å². The van der Waals surface area contributed by atoms with Gasteiger partial charge in [-0.25, -0.2) is 4.39 Å². The summed E-state index contributed by atoms with van der Waals surface area (Å²) in [4.78, 5) is 12.0. The molecule has 1 amide bonds. The first-order valence-electron chi connectivity index (χ1n) is 6.08. The molecule has 0 aromatic heterocycles. The first-order chi connectivity index (χ1) is 8.58. The molecule has 98 valence electrons. The lowest BCUT2D eigenvalue weighted by Gasteiger charge is -2.25. The van der Waals surface area contributed by atoms with Crippen molar-refractivity contribution in [1.29, 1.82) is 0 Å². The van der Waals surface area contributed by atoms with Crippen LogP contribution in [0.3, 0.4) is 0 Å². The summed E-state index contributed by atoms with van der Waals surface area (Å²) in [6.07, 6.45) is 3.33. The second kappa shape index (κ2) is 5.67. The van der Waals surface area contributed by atoms with E-state index in [2.05, 4.69) is 5.32 Å². The smallest absolute Gasteiger partial charge is 0.227 e. The Labute approximate surface area is 111 Å². The molecule has 1 aromatic carbocycles. The van der Waals surface area contributed by atoms with E-state index in [1.807, 2.05) is 0 Å². The average molecular weight is 271 g/mol. The van der Waals surface area contributed by atoms with Gasteiger partial charge >= 0.3 is 0 Å². The quantitative estimate of drug-likeness (QED) is 0.868. The standard InChI is InChI=1S/C13H16ClFN2O/c14-10-5-2-6-11(15)12(10)17-13(18)8-3-1-4-9(16)7-8/h2,5-6,8-9H,1,3-4,7,16H2,(H,17,18). The number of halogens is 2. The van der Waals surface area contributed by atoms with Crippen LogP contribution in [0.15, 0.2) is 18.2 Å². The number of rotatable bonds is 2. The van der Waals surface area contributed by atoms with Crippen molar-refractivity contribution in [2.75, 3.05) is 5.32 Å². The summed E-state index contributed by atoms with van der Waals surface area (Å²) in [6.45, 7) is 0. The van der Waals surface area contributed by atoms with Crippen molar-refractivity contribution in [2.45, 2.75) is 31.7 Å². The Kier molecular flexibility index (Phi) is 4.19. The van der Waals surface area contributed by atoms with Crippen LogP contribution in [0.2, 0.25) is 5.02 Å². The van der Waals surface area contributed by atoms with Crippen LogP contribution in [0.5, 0.6) is 0 Å². The normalized spacial score (nSPS) is 23.7. The maximum Gasteiger partial charge on any atom is 0.227 e. The maximum atomic E-state index is 13.5. The van der Waals surface area contributed by atoms with Gasteiger partial charge < -0.3 is 11.1 Å². The van der Waals surface area contributed by atoms with Gasteiger partial charge in [-0.2, -0.15) is 0 Å². The van der Waals surface area contributed by atoms with Gasteiger partial charge in [-0.05, 0) is 31.4 Å². The van der Waals surface area contributed by atoms with Crippen molar-refractivity contribution in [3.05, 3.63) is 29.0 Å². The van der Waals surface area contributed by atoms with Crippen LogP contribution in [0.1, 0.15) is 25.7 Å². The van der Waals surface area contributed by atoms with Crippen LogP contribution < -0.4 is 11.1 Å². The lowest BCUT2D eigenvalue weighted by Crippen LogP contribution is -2.34. The third-order valence-corrected chi connectivity index (χ3v) is 3.61. The number of hydrogen-bond donors (Lipinski definition) is 2. The zero-order valence-electron chi connectivity index (χ0n) is 9.96. The van der Waals surface area contributed by atoms with E-state index in [-0.39, 0.29) is 28.6 Å². The lowest BCUT2D eigenvalue weighted by molar-refractivity contribution is -0.120. The molecule has 0 saturated heterocycles. The fraction of sp³-hybridized carbons (Fsp3) is 0.462. The van der Waals surface area contributed by atoms with Gasteiger partial charge in [-0.15, -0.1) is 0 Å². The zero-order chi connectivity index (χ0) is 13.1. The highest BCUT2D eigenvalue weighted by Gasteiger charge is 2.26. The van der Waals surface area contributed by atoms with Crippen LogP contribution in [0.25, 0.3) is 0 Å². The summed E-state index contributed by atoms with van der Waals surface area (Å²) in [5.41, 5.74) is 5.89. The van der Waals surface area contributed by atoms with Crippen LogP contribution >= 0.6 is 11.6 Å². The van der Waals surface area contributed by atoms with Crippen LogP contribution in [0, 0.1) is 11.7 Å². The molecule has 1 aliphatic rings. The summed E-state index contributed by atoms with van der Waals surface area (Å²) < 4.78 is 13.5. The van der Waals surface area contributed by atoms with Gasteiger partial charge in [-0.3, -0.25) is 4.79 Å². The minimum Gasteiger partial charge on any atom is -0.328 e. The van der Waals surface area contributed by atoms with Crippen molar-refractivity contribution in [1.82, 2.24) is 0 Å². The molecule has 1 aromatic rings. The molecule has 18 heavy (non-hydrogen) atoms. The molecule has 2 atom stereocenters. The number of amides is 1. The molecule has 5 heteroatoms. The Balaban J connectivity index is 2.07. The highest BCUT2D eigenvalue weighted by atomic mass is 35.5. The second-order valence-corrected chi connectivity index (χ2v) is 5.12. The van der Waals surface area contributed by atoms with Crippen molar-refractivity contribution in [3.8, 4) is 0 Å². The van der Waals surface area contributed by atoms with Crippen LogP contribution in [-0.2, 0) is 4.79 Å². The first kappa shape index (κ1) is 13.3. The molecule has 0 bridgehead atoms. The van der Waals surface area contributed by atoms with Crippen LogP contribution in [0.4, 0.5) is 10.1 Å². The lowest BCUT2D eigenvalue weighted by atomic mass is 9.85. The van der Waals surface area contributed by atoms with E-state index in [0.717, 1.165) is 19.3 Å². The SMILES string of the molecule is NC1CCCC(C(=O)Nc2c(F)cccc2Cl)C1. The minimum absolute atomic E-state index is 0.0586. The molecule has 0 heterocycles. The van der Waals surface area contributed by atoms with E-state index in [1.54, 1.807) is 6.07 Å². The fourth-order valence-electron chi connectivity index (χ4n) is 2.31. The summed E-state index contributed by atoms with van der Waals surface area (Å²) in [5, 5.41) is 2.78. The Morgan fingerprint density at radius 2 is 2.22 bits per heavy atom. The Bertz CT molecular complexity index is 432. The Morgan fingerprint density at radius 3 is 2.89 bits per heavy atom. The van der Waals surface area contributed by atoms with Gasteiger partial charge in [0.05, 0.1) is 10.7 Å². The number of para-hydroxylation sites is 1. The monoisotopic (exact) mass is 270 g/mol. The topological polar surface area (TPSA) is 55.1 Å². The number of nitrogens with one attached hydrogen (secondary N) is 1. The molecule has 1 fully saturated rings. The molecule has 0 spiro atoms. The number of hydrogen-bond acceptors (Lipinski definition) is 2. The molecule has 1 aliphatic carbocycles. The van der Waals surface area contributed by atoms with Gasteiger partial charge in [0, 0.05) is 12.0 Å². The summed E-state index contributed by atoms with van der Waals surface area (Å²) in [7, 11) is 0. The highest BCUT2D eigenvalue weighted by molar-refractivity contribution is 6.33. The first-order valence-corrected chi connectivity index (χ1v) is 6.46. The van der Waals surface area contributed by atoms with Crippen molar-refractivity contribution in [2.24, 2.45) is 11.7 Å². The summed E-state index contributed by atoms with van der Waals surface area (Å²) in [6, 6.07) is 4.38. The van der Waals surface area contributed by atoms with E-state index >= 15 is 0 Å². The number of carbonyl (C=O) groups is 1. The fourth-order valence-corrected chi connectivity index (χ4v) is 2.52. The molecule has 1 saturated carbocycles. The van der Waals surface area contributed by atoms with Gasteiger partial charge in [0.1, 0.15) is 5.82 Å². The molecule has 0 aliphatic heterocycles. The highest BCUT2D eigenvalue weighted by Crippen LogP contribution is 2.28. The Hall–Kier alpha value is -1.13. The van der Waals surface area contributed by atoms with E-state index in [9.17, 15) is 9.18 Å². The minimum atomic E-state index is -0.518. The molecule has 3 nitrogen and oxygen atoms in total. The maximum absolute atomic E-state index is 13.5. The molecule has 0 radical (unpaired) electrons. The molecule has 2 rings (SSSR count). The Morgan fingerprint density at radius 1 is 1.44 bits per heavy atom. The van der Waals surface area contributed by atoms with E-state index in [1.165, 1.54) is 12.1 Å². The second-order valence-electron chi connectivity index (χ2n) is 4.71. The summed E-state index contributed by atoms with van der Waals surface area (Å²) >= 11 is 5.86. The summed E-state index contributed by atoms with van der Waals surface area (Å²) in [5.74, 6) is -0.863. The molecule has 3 N–H and O–H groups in total. The average Bonchev–Trinajstić information content (AvgIpc) is 2.34. The predicted molar refractivity (Wildman–Crippen MR) is 70.0 cm³/mol. The third kappa shape index (κ3) is 3.00. The number of nitrogens with two attached hydrogens (primary N) is 1. The van der Waals surface area contributed by atoms with Crippen LogP contribution in [-0.4, -0.2) is 11.9 Å². The number of carbonyl (C=O) groups excluding carboxylic acids is 1. The number of anilines is 1.